The van der Waals surface area contributed by atoms with Gasteiger partial charge >= 0.3 is 13.6 Å². The molecule has 1 N–H and O–H groups in total. The maximum Gasteiger partial charge on any atom is 0.379 e. The van der Waals surface area contributed by atoms with Crippen molar-refractivity contribution in [2.75, 3.05) is 13.5 Å². The van der Waals surface area contributed by atoms with Crippen molar-refractivity contribution in [1.82, 2.24) is 0 Å². The summed E-state index contributed by atoms with van der Waals surface area (Å²) in [5.74, 6) is 0.0725. The number of esters is 1. The molecule has 0 fully saturated rings. The number of unbranched alkanes of at least 4 members (excludes halogenated alkanes) is 2. The quantitative estimate of drug-likeness (QED) is 0.130. The zero-order valence-corrected chi connectivity index (χ0v) is 21.3. The second kappa shape index (κ2) is 11.4. The van der Waals surface area contributed by atoms with E-state index in [1.807, 2.05) is 6.07 Å². The van der Waals surface area contributed by atoms with Gasteiger partial charge in [-0.2, -0.15) is 0 Å². The van der Waals surface area contributed by atoms with Crippen molar-refractivity contribution in [3.05, 3.63) is 34.9 Å². The molecular formula is C25H39O6P. The fraction of sp³-hybridized carbons (Fsp3) is 0.640. The van der Waals surface area contributed by atoms with Crippen LogP contribution < -0.4 is 4.52 Å². The first-order valence-corrected chi connectivity index (χ1v) is 13.5. The zero-order valence-electron chi connectivity index (χ0n) is 20.4. The van der Waals surface area contributed by atoms with Crippen molar-refractivity contribution >= 4 is 13.6 Å². The average Bonchev–Trinajstić information content (AvgIpc) is 2.66. The van der Waals surface area contributed by atoms with Gasteiger partial charge in [0.05, 0.1) is 12.1 Å². The highest BCUT2D eigenvalue weighted by Gasteiger charge is 2.28. The van der Waals surface area contributed by atoms with Crippen molar-refractivity contribution < 1.29 is 28.3 Å². The smallest absolute Gasteiger partial charge is 0.379 e. The largest absolute Gasteiger partial charge is 0.507 e. The van der Waals surface area contributed by atoms with E-state index in [-0.39, 0.29) is 11.7 Å². The van der Waals surface area contributed by atoms with Gasteiger partial charge in [0.25, 0.3) is 0 Å². The maximum absolute atomic E-state index is 13.1. The van der Waals surface area contributed by atoms with Gasteiger partial charge in [-0.05, 0) is 77.5 Å². The standard InChI is InChI=1S/C25H39O6P/c1-7-8-9-12-19-15-21(26)23(20-13-10-11-18(2)14-20)22(16-19)31-32(6,28)30-17-29-24(27)25(3,4)5/h14-16,20,26H,7-13,17H2,1-6H3. The van der Waals surface area contributed by atoms with Crippen LogP contribution in [-0.2, 0) is 25.0 Å². The predicted molar refractivity (Wildman–Crippen MR) is 127 cm³/mol. The lowest BCUT2D eigenvalue weighted by molar-refractivity contribution is -0.159. The molecule has 180 valence electrons. The van der Waals surface area contributed by atoms with E-state index in [0.717, 1.165) is 50.5 Å². The number of aryl methyl sites for hydroxylation is 1. The number of carbonyl (C=O) groups excluding carboxylic acids is 1. The van der Waals surface area contributed by atoms with E-state index in [0.29, 0.717) is 11.3 Å². The Kier molecular flexibility index (Phi) is 9.41. The van der Waals surface area contributed by atoms with Crippen LogP contribution in [0, 0.1) is 5.41 Å². The SMILES string of the molecule is CCCCCc1cc(O)c(C2C=C(C)CCC2)c(OP(C)(=O)OCOC(=O)C(C)(C)C)c1. The number of hydrogen-bond acceptors (Lipinski definition) is 6. The lowest BCUT2D eigenvalue weighted by Gasteiger charge is -2.25. The average molecular weight is 467 g/mol. The maximum atomic E-state index is 13.1. The number of rotatable bonds is 10. The number of benzene rings is 1. The van der Waals surface area contributed by atoms with Crippen molar-refractivity contribution in [1.29, 1.82) is 0 Å². The van der Waals surface area contributed by atoms with Crippen LogP contribution in [0.5, 0.6) is 11.5 Å². The summed E-state index contributed by atoms with van der Waals surface area (Å²) in [7, 11) is -3.60. The highest BCUT2D eigenvalue weighted by atomic mass is 31.2. The monoisotopic (exact) mass is 466 g/mol. The Morgan fingerprint density at radius 2 is 1.97 bits per heavy atom. The van der Waals surface area contributed by atoms with E-state index < -0.39 is 25.8 Å². The number of phenols is 1. The van der Waals surface area contributed by atoms with E-state index in [1.54, 1.807) is 26.8 Å². The molecule has 0 saturated carbocycles. The van der Waals surface area contributed by atoms with E-state index in [1.165, 1.54) is 12.2 Å². The van der Waals surface area contributed by atoms with Gasteiger partial charge in [-0.1, -0.05) is 31.4 Å². The summed E-state index contributed by atoms with van der Waals surface area (Å²) in [6.07, 6.45) is 9.09. The van der Waals surface area contributed by atoms with Gasteiger partial charge in [0.2, 0.25) is 6.79 Å². The van der Waals surface area contributed by atoms with Gasteiger partial charge in [-0.3, -0.25) is 9.32 Å². The minimum atomic E-state index is -3.60. The van der Waals surface area contributed by atoms with Gasteiger partial charge in [0.1, 0.15) is 11.5 Å². The fourth-order valence-electron chi connectivity index (χ4n) is 3.77. The lowest BCUT2D eigenvalue weighted by Crippen LogP contribution is -2.23. The predicted octanol–water partition coefficient (Wildman–Crippen LogP) is 7.10. The summed E-state index contributed by atoms with van der Waals surface area (Å²) >= 11 is 0. The second-order valence-electron chi connectivity index (χ2n) is 9.79. The number of allylic oxidation sites excluding steroid dienone is 2. The molecule has 1 aromatic rings. The number of phenolic OH excluding ortho intramolecular Hbond substituents is 1. The lowest BCUT2D eigenvalue weighted by atomic mass is 9.84. The Morgan fingerprint density at radius 3 is 2.59 bits per heavy atom. The first-order chi connectivity index (χ1) is 14.9. The Hall–Kier alpha value is -1.78. The summed E-state index contributed by atoms with van der Waals surface area (Å²) in [5.41, 5.74) is 2.16. The molecular weight excluding hydrogens is 427 g/mol. The van der Waals surface area contributed by atoms with Gasteiger partial charge in [0, 0.05) is 11.5 Å². The van der Waals surface area contributed by atoms with Crippen molar-refractivity contribution in [2.24, 2.45) is 5.41 Å². The van der Waals surface area contributed by atoms with E-state index in [2.05, 4.69) is 19.9 Å². The molecule has 0 aliphatic heterocycles. The Bertz CT molecular complexity index is 868. The third-order valence-corrected chi connectivity index (χ3v) is 6.65. The Balaban J connectivity index is 2.26. The van der Waals surface area contributed by atoms with Crippen molar-refractivity contribution in [3.63, 3.8) is 0 Å². The zero-order chi connectivity index (χ0) is 23.9. The van der Waals surface area contributed by atoms with Gasteiger partial charge in [-0.25, -0.2) is 4.57 Å². The van der Waals surface area contributed by atoms with Gasteiger partial charge in [0.15, 0.2) is 0 Å². The summed E-state index contributed by atoms with van der Waals surface area (Å²) in [6.45, 7) is 10.3. The van der Waals surface area contributed by atoms with Crippen LogP contribution >= 0.6 is 7.60 Å². The minimum Gasteiger partial charge on any atom is -0.507 e. The fourth-order valence-corrected chi connectivity index (χ4v) is 4.58. The second-order valence-corrected chi connectivity index (χ2v) is 11.8. The molecule has 0 spiro atoms. The van der Waals surface area contributed by atoms with Crippen molar-refractivity contribution in [3.8, 4) is 11.5 Å². The molecule has 1 aromatic carbocycles. The number of carbonyl (C=O) groups is 1. The van der Waals surface area contributed by atoms with Crippen LogP contribution in [0.3, 0.4) is 0 Å². The molecule has 2 unspecified atom stereocenters. The highest BCUT2D eigenvalue weighted by Crippen LogP contribution is 2.50. The molecule has 32 heavy (non-hydrogen) atoms. The van der Waals surface area contributed by atoms with Crippen molar-refractivity contribution in [2.45, 2.75) is 85.5 Å². The third kappa shape index (κ3) is 7.97. The summed E-state index contributed by atoms with van der Waals surface area (Å²) in [5, 5.41) is 10.9. The van der Waals surface area contributed by atoms with E-state index in [9.17, 15) is 14.5 Å². The minimum absolute atomic E-state index is 0.0119. The number of aromatic hydroxyl groups is 1. The number of ether oxygens (including phenoxy) is 1. The molecule has 1 aliphatic carbocycles. The van der Waals surface area contributed by atoms with Crippen LogP contribution in [0.25, 0.3) is 0 Å². The molecule has 0 aromatic heterocycles. The molecule has 0 amide bonds. The molecule has 0 saturated heterocycles. The van der Waals surface area contributed by atoms with E-state index in [4.69, 9.17) is 13.8 Å². The van der Waals surface area contributed by atoms with Crippen LogP contribution in [0.1, 0.15) is 90.2 Å². The topological polar surface area (TPSA) is 82.1 Å². The Morgan fingerprint density at radius 1 is 1.25 bits per heavy atom. The van der Waals surface area contributed by atoms with Crippen LogP contribution in [0.2, 0.25) is 0 Å². The first-order valence-electron chi connectivity index (χ1n) is 11.5. The molecule has 6 nitrogen and oxygen atoms in total. The molecule has 2 rings (SSSR count). The normalized spacial score (nSPS) is 18.6. The van der Waals surface area contributed by atoms with Crippen LogP contribution in [0.4, 0.5) is 0 Å². The molecule has 0 heterocycles. The molecule has 0 radical (unpaired) electrons. The summed E-state index contributed by atoms with van der Waals surface area (Å²) < 4.78 is 29.3. The van der Waals surface area contributed by atoms with Crippen LogP contribution in [-0.4, -0.2) is 24.5 Å². The van der Waals surface area contributed by atoms with Gasteiger partial charge < -0.3 is 14.4 Å². The third-order valence-electron chi connectivity index (χ3n) is 5.55. The molecule has 1 aliphatic rings. The molecule has 7 heteroatoms. The van der Waals surface area contributed by atoms with E-state index >= 15 is 0 Å². The number of hydrogen-bond donors (Lipinski definition) is 1. The van der Waals surface area contributed by atoms with Crippen LogP contribution in [0.15, 0.2) is 23.8 Å². The molecule has 2 atom stereocenters. The van der Waals surface area contributed by atoms with Gasteiger partial charge in [-0.15, -0.1) is 0 Å². The highest BCUT2D eigenvalue weighted by molar-refractivity contribution is 7.53. The summed E-state index contributed by atoms with van der Waals surface area (Å²) in [4.78, 5) is 11.9. The summed E-state index contributed by atoms with van der Waals surface area (Å²) in [6, 6.07) is 3.66. The molecule has 0 bridgehead atoms. The Labute approximate surface area is 192 Å². The first kappa shape index (κ1) is 26.5.